The lowest BCUT2D eigenvalue weighted by Gasteiger charge is -2.25. The maximum absolute atomic E-state index is 5.13. The van der Waals surface area contributed by atoms with E-state index in [2.05, 4.69) is 75.5 Å². The lowest BCUT2D eigenvalue weighted by atomic mass is 10.1. The van der Waals surface area contributed by atoms with Crippen LogP contribution in [0.1, 0.15) is 0 Å². The van der Waals surface area contributed by atoms with E-state index in [4.69, 9.17) is 9.97 Å². The summed E-state index contributed by atoms with van der Waals surface area (Å²) in [6.07, 6.45) is 3.59. The fourth-order valence-electron chi connectivity index (χ4n) is 4.73. The SMILES string of the molecule is c1ccc(N(c2ccccc2)c2ccc3nc4c5cccnc5c5ncccc5c4nc3c2)cc1. The number of hydrogen-bond acceptors (Lipinski definition) is 5. The quantitative estimate of drug-likeness (QED) is 0.208. The third-order valence-electron chi connectivity index (χ3n) is 6.28. The first kappa shape index (κ1) is 19.6. The summed E-state index contributed by atoms with van der Waals surface area (Å²) in [6, 6.07) is 34.9. The number of aromatic nitrogens is 4. The van der Waals surface area contributed by atoms with Gasteiger partial charge in [0.05, 0.1) is 33.1 Å². The Balaban J connectivity index is 1.52. The van der Waals surface area contributed by atoms with Gasteiger partial charge in [0, 0.05) is 40.2 Å². The lowest BCUT2D eigenvalue weighted by molar-refractivity contribution is 1.28. The third-order valence-corrected chi connectivity index (χ3v) is 6.28. The fraction of sp³-hybridized carbons (Fsp3) is 0. The number of benzene rings is 4. The molecule has 0 unspecified atom stereocenters. The van der Waals surface area contributed by atoms with Crippen LogP contribution in [0.4, 0.5) is 17.1 Å². The average Bonchev–Trinajstić information content (AvgIpc) is 2.94. The van der Waals surface area contributed by atoms with Gasteiger partial charge in [-0.3, -0.25) is 9.97 Å². The Kier molecular flexibility index (Phi) is 4.39. The van der Waals surface area contributed by atoms with Crippen LogP contribution in [0, 0.1) is 0 Å². The minimum Gasteiger partial charge on any atom is -0.310 e. The van der Waals surface area contributed by atoms with Crippen LogP contribution in [-0.2, 0) is 0 Å². The van der Waals surface area contributed by atoms with Gasteiger partial charge in [-0.25, -0.2) is 9.97 Å². The lowest BCUT2D eigenvalue weighted by Crippen LogP contribution is -2.09. The van der Waals surface area contributed by atoms with Gasteiger partial charge in [-0.15, -0.1) is 0 Å². The number of fused-ring (bicyclic) bond motifs is 7. The minimum absolute atomic E-state index is 0.834. The Bertz CT molecular complexity index is 1810. The molecule has 0 radical (unpaired) electrons. The second-order valence-corrected chi connectivity index (χ2v) is 8.40. The van der Waals surface area contributed by atoms with Crippen LogP contribution >= 0.6 is 0 Å². The Morgan fingerprint density at radius 3 is 1.54 bits per heavy atom. The molecule has 35 heavy (non-hydrogen) atoms. The van der Waals surface area contributed by atoms with Crippen LogP contribution in [0.5, 0.6) is 0 Å². The van der Waals surface area contributed by atoms with Crippen molar-refractivity contribution in [3.8, 4) is 0 Å². The monoisotopic (exact) mass is 449 g/mol. The van der Waals surface area contributed by atoms with Gasteiger partial charge in [0.15, 0.2) is 0 Å². The molecule has 5 heteroatoms. The third kappa shape index (κ3) is 3.17. The van der Waals surface area contributed by atoms with Crippen molar-refractivity contribution in [1.82, 2.24) is 19.9 Å². The molecule has 3 heterocycles. The summed E-state index contributed by atoms with van der Waals surface area (Å²) in [5.74, 6) is 0. The summed E-state index contributed by atoms with van der Waals surface area (Å²) in [5.41, 5.74) is 8.23. The highest BCUT2D eigenvalue weighted by molar-refractivity contribution is 6.21. The van der Waals surface area contributed by atoms with Gasteiger partial charge in [-0.05, 0) is 66.7 Å². The molecule has 4 aromatic carbocycles. The van der Waals surface area contributed by atoms with Crippen molar-refractivity contribution in [2.24, 2.45) is 0 Å². The Morgan fingerprint density at radius 1 is 0.429 bits per heavy atom. The highest BCUT2D eigenvalue weighted by Gasteiger charge is 2.16. The number of hydrogen-bond donors (Lipinski definition) is 0. The van der Waals surface area contributed by atoms with Gasteiger partial charge < -0.3 is 4.90 Å². The van der Waals surface area contributed by atoms with Crippen LogP contribution in [-0.4, -0.2) is 19.9 Å². The van der Waals surface area contributed by atoms with Crippen molar-refractivity contribution >= 4 is 60.9 Å². The van der Waals surface area contributed by atoms with Gasteiger partial charge in [0.2, 0.25) is 0 Å². The molecule has 7 rings (SSSR count). The van der Waals surface area contributed by atoms with E-state index in [0.29, 0.717) is 0 Å². The maximum Gasteiger partial charge on any atom is 0.0996 e. The molecule has 7 aromatic rings. The first-order valence-corrected chi connectivity index (χ1v) is 11.5. The van der Waals surface area contributed by atoms with Crippen LogP contribution in [0.2, 0.25) is 0 Å². The molecule has 164 valence electrons. The summed E-state index contributed by atoms with van der Waals surface area (Å²) in [5, 5.41) is 1.92. The van der Waals surface area contributed by atoms with E-state index < -0.39 is 0 Å². The molecule has 0 fully saturated rings. The largest absolute Gasteiger partial charge is 0.310 e. The molecule has 0 amide bonds. The number of pyridine rings is 2. The van der Waals surface area contributed by atoms with E-state index in [-0.39, 0.29) is 0 Å². The Labute approximate surface area is 201 Å². The van der Waals surface area contributed by atoms with Crippen molar-refractivity contribution in [3.05, 3.63) is 116 Å². The molecule has 0 N–H and O–H groups in total. The average molecular weight is 450 g/mol. The van der Waals surface area contributed by atoms with Crippen molar-refractivity contribution < 1.29 is 0 Å². The van der Waals surface area contributed by atoms with Gasteiger partial charge in [-0.2, -0.15) is 0 Å². The van der Waals surface area contributed by atoms with Crippen LogP contribution < -0.4 is 4.90 Å². The van der Waals surface area contributed by atoms with Crippen LogP contribution in [0.15, 0.2) is 116 Å². The van der Waals surface area contributed by atoms with Gasteiger partial charge in [0.1, 0.15) is 0 Å². The molecule has 0 saturated heterocycles. The Morgan fingerprint density at radius 2 is 0.971 bits per heavy atom. The number of anilines is 3. The van der Waals surface area contributed by atoms with Gasteiger partial charge in [-0.1, -0.05) is 36.4 Å². The molecule has 0 atom stereocenters. The van der Waals surface area contributed by atoms with E-state index in [1.165, 1.54) is 0 Å². The molecule has 0 aliphatic heterocycles. The summed E-state index contributed by atoms with van der Waals surface area (Å²) >= 11 is 0. The Hall–Kier alpha value is -4.90. The zero-order chi connectivity index (χ0) is 23.2. The number of rotatable bonds is 3. The molecular weight excluding hydrogens is 430 g/mol. The molecule has 3 aromatic heterocycles. The van der Waals surface area contributed by atoms with Crippen LogP contribution in [0.3, 0.4) is 0 Å². The van der Waals surface area contributed by atoms with E-state index in [1.54, 1.807) is 12.4 Å². The molecule has 5 nitrogen and oxygen atoms in total. The van der Waals surface area contributed by atoms with Crippen molar-refractivity contribution in [1.29, 1.82) is 0 Å². The second kappa shape index (κ2) is 7.85. The van der Waals surface area contributed by atoms with E-state index in [1.807, 2.05) is 42.5 Å². The number of nitrogens with zero attached hydrogens (tertiary/aromatic N) is 5. The molecule has 0 aliphatic rings. The van der Waals surface area contributed by atoms with Crippen LogP contribution in [0.25, 0.3) is 43.9 Å². The van der Waals surface area contributed by atoms with Crippen molar-refractivity contribution in [2.45, 2.75) is 0 Å². The summed E-state index contributed by atoms with van der Waals surface area (Å²) < 4.78 is 0. The summed E-state index contributed by atoms with van der Waals surface area (Å²) in [6.45, 7) is 0. The highest BCUT2D eigenvalue weighted by atomic mass is 15.1. The number of para-hydroxylation sites is 2. The standard InChI is InChI=1S/C30H19N5/c1-3-9-20(10-4-1)35(21-11-5-2-6-12-21)22-15-16-25-26(19-22)34-30-24-14-8-18-32-28(24)27-23(29(30)33-25)13-7-17-31-27/h1-19H. The van der Waals surface area contributed by atoms with E-state index in [9.17, 15) is 0 Å². The van der Waals surface area contributed by atoms with Gasteiger partial charge in [0.25, 0.3) is 0 Å². The normalized spacial score (nSPS) is 11.4. The molecular formula is C30H19N5. The second-order valence-electron chi connectivity index (χ2n) is 8.40. The highest BCUT2D eigenvalue weighted by Crippen LogP contribution is 2.37. The zero-order valence-corrected chi connectivity index (χ0v) is 18.7. The maximum atomic E-state index is 5.13. The predicted octanol–water partition coefficient (Wildman–Crippen LogP) is 7.35. The molecule has 0 bridgehead atoms. The van der Waals surface area contributed by atoms with Gasteiger partial charge >= 0.3 is 0 Å². The minimum atomic E-state index is 0.834. The molecule has 0 saturated carbocycles. The fourth-order valence-corrected chi connectivity index (χ4v) is 4.73. The smallest absolute Gasteiger partial charge is 0.0996 e. The molecule has 0 aliphatic carbocycles. The summed E-state index contributed by atoms with van der Waals surface area (Å²) in [4.78, 5) is 21.6. The first-order valence-electron chi connectivity index (χ1n) is 11.5. The van der Waals surface area contributed by atoms with Crippen molar-refractivity contribution in [2.75, 3.05) is 4.90 Å². The topological polar surface area (TPSA) is 54.8 Å². The summed E-state index contributed by atoms with van der Waals surface area (Å²) in [7, 11) is 0. The van der Waals surface area contributed by atoms with E-state index in [0.717, 1.165) is 60.9 Å². The van der Waals surface area contributed by atoms with E-state index >= 15 is 0 Å². The predicted molar refractivity (Wildman–Crippen MR) is 142 cm³/mol. The zero-order valence-electron chi connectivity index (χ0n) is 18.7. The first-order chi connectivity index (χ1) is 17.4. The van der Waals surface area contributed by atoms with Crippen molar-refractivity contribution in [3.63, 3.8) is 0 Å². The molecule has 0 spiro atoms.